The lowest BCUT2D eigenvalue weighted by molar-refractivity contribution is 0.0443. The lowest BCUT2D eigenvalue weighted by Crippen LogP contribution is -2.14. The summed E-state index contributed by atoms with van der Waals surface area (Å²) in [7, 11) is 0. The standard InChI is InChI=1S/C13H16FNO2/c14-11-7-3-6-10(12(11)15)13(16)17-8-9-4-1-2-5-9/h3,6-7,9H,1-2,4-5,8,15H2. The van der Waals surface area contributed by atoms with Crippen molar-refractivity contribution in [3.8, 4) is 0 Å². The van der Waals surface area contributed by atoms with Crippen LogP contribution in [0, 0.1) is 11.7 Å². The number of anilines is 1. The monoisotopic (exact) mass is 237 g/mol. The number of para-hydroxylation sites is 1. The highest BCUT2D eigenvalue weighted by Crippen LogP contribution is 2.25. The van der Waals surface area contributed by atoms with Gasteiger partial charge >= 0.3 is 5.97 Å². The molecule has 2 N–H and O–H groups in total. The van der Waals surface area contributed by atoms with Gasteiger partial charge < -0.3 is 10.5 Å². The first-order valence-corrected chi connectivity index (χ1v) is 5.89. The molecule has 0 aromatic heterocycles. The fraction of sp³-hybridized carbons (Fsp3) is 0.462. The van der Waals surface area contributed by atoms with Crippen LogP contribution in [0.4, 0.5) is 10.1 Å². The molecule has 1 aliphatic carbocycles. The molecule has 0 atom stereocenters. The molecule has 0 bridgehead atoms. The predicted molar refractivity (Wildman–Crippen MR) is 63.1 cm³/mol. The largest absolute Gasteiger partial charge is 0.462 e. The van der Waals surface area contributed by atoms with Crippen LogP contribution in [0.1, 0.15) is 36.0 Å². The van der Waals surface area contributed by atoms with E-state index in [1.807, 2.05) is 0 Å². The number of halogens is 1. The Labute approximate surface area is 99.8 Å². The molecule has 0 aliphatic heterocycles. The Balaban J connectivity index is 1.97. The van der Waals surface area contributed by atoms with E-state index in [0.717, 1.165) is 12.8 Å². The van der Waals surface area contributed by atoms with E-state index < -0.39 is 11.8 Å². The molecule has 0 amide bonds. The molecular formula is C13H16FNO2. The quantitative estimate of drug-likeness (QED) is 0.649. The first-order valence-electron chi connectivity index (χ1n) is 5.89. The minimum atomic E-state index is -0.583. The highest BCUT2D eigenvalue weighted by Gasteiger charge is 2.19. The van der Waals surface area contributed by atoms with Gasteiger partial charge in [0.1, 0.15) is 5.82 Å². The first kappa shape index (κ1) is 11.9. The van der Waals surface area contributed by atoms with Crippen molar-refractivity contribution in [3.63, 3.8) is 0 Å². The molecule has 2 rings (SSSR count). The van der Waals surface area contributed by atoms with E-state index in [4.69, 9.17) is 10.5 Å². The van der Waals surface area contributed by atoms with Gasteiger partial charge in [-0.05, 0) is 30.9 Å². The maximum Gasteiger partial charge on any atom is 0.340 e. The summed E-state index contributed by atoms with van der Waals surface area (Å²) in [6, 6.07) is 4.16. The van der Waals surface area contributed by atoms with Crippen LogP contribution < -0.4 is 5.73 Å². The number of hydrogen-bond donors (Lipinski definition) is 1. The summed E-state index contributed by atoms with van der Waals surface area (Å²) in [6.45, 7) is 0.411. The smallest absolute Gasteiger partial charge is 0.340 e. The molecule has 3 nitrogen and oxygen atoms in total. The second kappa shape index (κ2) is 5.17. The van der Waals surface area contributed by atoms with Crippen molar-refractivity contribution >= 4 is 11.7 Å². The van der Waals surface area contributed by atoms with Crippen molar-refractivity contribution in [3.05, 3.63) is 29.6 Å². The van der Waals surface area contributed by atoms with Gasteiger partial charge in [-0.15, -0.1) is 0 Å². The molecule has 4 heteroatoms. The molecular weight excluding hydrogens is 221 g/mol. The van der Waals surface area contributed by atoms with Gasteiger partial charge in [-0.2, -0.15) is 0 Å². The number of carbonyl (C=O) groups is 1. The zero-order valence-electron chi connectivity index (χ0n) is 9.62. The fourth-order valence-corrected chi connectivity index (χ4v) is 2.16. The number of carbonyl (C=O) groups excluding carboxylic acids is 1. The van der Waals surface area contributed by atoms with Crippen molar-refractivity contribution in [1.82, 2.24) is 0 Å². The van der Waals surface area contributed by atoms with Crippen molar-refractivity contribution in [2.45, 2.75) is 25.7 Å². The predicted octanol–water partition coefficient (Wildman–Crippen LogP) is 2.75. The highest BCUT2D eigenvalue weighted by atomic mass is 19.1. The van der Waals surface area contributed by atoms with Gasteiger partial charge in [0.15, 0.2) is 0 Å². The molecule has 1 aromatic carbocycles. The van der Waals surface area contributed by atoms with E-state index in [1.54, 1.807) is 0 Å². The van der Waals surface area contributed by atoms with Crippen LogP contribution in [-0.4, -0.2) is 12.6 Å². The number of hydrogen-bond acceptors (Lipinski definition) is 3. The van der Waals surface area contributed by atoms with Crippen molar-refractivity contribution in [1.29, 1.82) is 0 Å². The summed E-state index contributed by atoms with van der Waals surface area (Å²) in [5.74, 6) is -0.664. The van der Waals surface area contributed by atoms with Crippen LogP contribution in [0.5, 0.6) is 0 Å². The lowest BCUT2D eigenvalue weighted by atomic mass is 10.1. The highest BCUT2D eigenvalue weighted by molar-refractivity contribution is 5.95. The molecule has 0 unspecified atom stereocenters. The Kier molecular flexibility index (Phi) is 3.61. The second-order valence-corrected chi connectivity index (χ2v) is 4.45. The zero-order chi connectivity index (χ0) is 12.3. The number of nitrogen functional groups attached to an aromatic ring is 1. The number of benzene rings is 1. The summed E-state index contributed by atoms with van der Waals surface area (Å²) in [5, 5.41) is 0. The minimum absolute atomic E-state index is 0.114. The Morgan fingerprint density at radius 3 is 2.82 bits per heavy atom. The lowest BCUT2D eigenvalue weighted by Gasteiger charge is -2.11. The maximum absolute atomic E-state index is 13.1. The molecule has 1 saturated carbocycles. The normalized spacial score (nSPS) is 16.1. The topological polar surface area (TPSA) is 52.3 Å². The van der Waals surface area contributed by atoms with Crippen LogP contribution >= 0.6 is 0 Å². The third kappa shape index (κ3) is 2.75. The molecule has 0 radical (unpaired) electrons. The van der Waals surface area contributed by atoms with Crippen LogP contribution in [0.3, 0.4) is 0 Å². The van der Waals surface area contributed by atoms with Gasteiger partial charge in [0.05, 0.1) is 17.9 Å². The van der Waals surface area contributed by atoms with E-state index >= 15 is 0 Å². The van der Waals surface area contributed by atoms with E-state index in [1.165, 1.54) is 31.0 Å². The number of esters is 1. The Hall–Kier alpha value is -1.58. The van der Waals surface area contributed by atoms with Crippen LogP contribution in [-0.2, 0) is 4.74 Å². The van der Waals surface area contributed by atoms with Crippen molar-refractivity contribution in [2.75, 3.05) is 12.3 Å². The molecule has 92 valence electrons. The Bertz CT molecular complexity index is 414. The second-order valence-electron chi connectivity index (χ2n) is 4.45. The minimum Gasteiger partial charge on any atom is -0.462 e. The SMILES string of the molecule is Nc1c(F)cccc1C(=O)OCC1CCCC1. The van der Waals surface area contributed by atoms with Gasteiger partial charge in [0, 0.05) is 0 Å². The molecule has 17 heavy (non-hydrogen) atoms. The maximum atomic E-state index is 13.1. The van der Waals surface area contributed by atoms with Crippen LogP contribution in [0.2, 0.25) is 0 Å². The van der Waals surface area contributed by atoms with Crippen LogP contribution in [0.25, 0.3) is 0 Å². The van der Waals surface area contributed by atoms with E-state index in [2.05, 4.69) is 0 Å². The number of rotatable bonds is 3. The molecule has 1 aliphatic rings. The van der Waals surface area contributed by atoms with Gasteiger partial charge in [-0.25, -0.2) is 9.18 Å². The van der Waals surface area contributed by atoms with Gasteiger partial charge in [-0.3, -0.25) is 0 Å². The summed E-state index contributed by atoms with van der Waals surface area (Å²) >= 11 is 0. The van der Waals surface area contributed by atoms with E-state index in [0.29, 0.717) is 12.5 Å². The molecule has 1 aromatic rings. The summed E-state index contributed by atoms with van der Waals surface area (Å²) < 4.78 is 18.3. The fourth-order valence-electron chi connectivity index (χ4n) is 2.16. The third-order valence-corrected chi connectivity index (χ3v) is 3.20. The van der Waals surface area contributed by atoms with Gasteiger partial charge in [0.2, 0.25) is 0 Å². The molecule has 0 heterocycles. The Morgan fingerprint density at radius 2 is 2.12 bits per heavy atom. The number of ether oxygens (including phenoxy) is 1. The average Bonchev–Trinajstić information content (AvgIpc) is 2.82. The van der Waals surface area contributed by atoms with E-state index in [-0.39, 0.29) is 11.3 Å². The molecule has 0 spiro atoms. The van der Waals surface area contributed by atoms with Gasteiger partial charge in [0.25, 0.3) is 0 Å². The average molecular weight is 237 g/mol. The zero-order valence-corrected chi connectivity index (χ0v) is 9.62. The van der Waals surface area contributed by atoms with Crippen molar-refractivity contribution in [2.24, 2.45) is 5.92 Å². The van der Waals surface area contributed by atoms with Crippen LogP contribution in [0.15, 0.2) is 18.2 Å². The Morgan fingerprint density at radius 1 is 1.41 bits per heavy atom. The summed E-state index contributed by atoms with van der Waals surface area (Å²) in [4.78, 5) is 11.7. The van der Waals surface area contributed by atoms with Crippen molar-refractivity contribution < 1.29 is 13.9 Å². The number of nitrogens with two attached hydrogens (primary N) is 1. The summed E-state index contributed by atoms with van der Waals surface area (Å²) in [6.07, 6.45) is 4.60. The van der Waals surface area contributed by atoms with E-state index in [9.17, 15) is 9.18 Å². The molecule has 0 saturated heterocycles. The summed E-state index contributed by atoms with van der Waals surface area (Å²) in [5.41, 5.74) is 5.47. The first-order chi connectivity index (χ1) is 8.18. The van der Waals surface area contributed by atoms with Gasteiger partial charge in [-0.1, -0.05) is 18.9 Å². The molecule has 1 fully saturated rings. The third-order valence-electron chi connectivity index (χ3n) is 3.20.